The van der Waals surface area contributed by atoms with Crippen molar-refractivity contribution in [2.75, 3.05) is 13.6 Å². The zero-order chi connectivity index (χ0) is 14.0. The molecule has 19 heavy (non-hydrogen) atoms. The first-order valence-corrected chi connectivity index (χ1v) is 6.36. The lowest BCUT2D eigenvalue weighted by molar-refractivity contribution is -0.137. The summed E-state index contributed by atoms with van der Waals surface area (Å²) >= 11 is 0. The number of carbonyl (C=O) groups is 1. The topological polar surface area (TPSA) is 40.5 Å². The quantitative estimate of drug-likeness (QED) is 0.770. The van der Waals surface area contributed by atoms with Crippen LogP contribution in [0, 0.1) is 25.7 Å². The van der Waals surface area contributed by atoms with Gasteiger partial charge in [0.15, 0.2) is 0 Å². The Labute approximate surface area is 114 Å². The number of hydrogen-bond acceptors (Lipinski definition) is 2. The molecule has 3 heteroatoms. The van der Waals surface area contributed by atoms with Crippen molar-refractivity contribution in [2.24, 2.45) is 0 Å². The summed E-state index contributed by atoms with van der Waals surface area (Å²) in [4.78, 5) is 13.3. The van der Waals surface area contributed by atoms with Gasteiger partial charge in [-0.1, -0.05) is 17.9 Å². The van der Waals surface area contributed by atoms with Crippen molar-refractivity contribution in [3.8, 4) is 11.8 Å². The normalized spacial score (nSPS) is 22.3. The minimum absolute atomic E-state index is 0.315. The molecule has 1 aliphatic rings. The molecule has 0 bridgehead atoms. The van der Waals surface area contributed by atoms with Crippen LogP contribution in [0.1, 0.15) is 23.1 Å². The van der Waals surface area contributed by atoms with Gasteiger partial charge in [-0.05, 0) is 43.5 Å². The van der Waals surface area contributed by atoms with Gasteiger partial charge in [0.25, 0.3) is 5.91 Å². The summed E-state index contributed by atoms with van der Waals surface area (Å²) in [6.07, 6.45) is 1.07. The number of nitrogens with zero attached hydrogens (tertiary/aromatic N) is 1. The summed E-state index contributed by atoms with van der Waals surface area (Å²) in [6, 6.07) is 5.84. The third-order valence-corrected chi connectivity index (χ3v) is 3.54. The predicted molar refractivity (Wildman–Crippen MR) is 74.3 cm³/mol. The Bertz CT molecular complexity index is 568. The van der Waals surface area contributed by atoms with Crippen LogP contribution in [-0.4, -0.2) is 35.1 Å². The van der Waals surface area contributed by atoms with Crippen LogP contribution in [0.2, 0.25) is 0 Å². The highest BCUT2D eigenvalue weighted by molar-refractivity contribution is 5.90. The molecule has 1 fully saturated rings. The van der Waals surface area contributed by atoms with E-state index in [4.69, 9.17) is 0 Å². The highest BCUT2D eigenvalue weighted by Gasteiger charge is 2.42. The highest BCUT2D eigenvalue weighted by Crippen LogP contribution is 2.21. The van der Waals surface area contributed by atoms with Gasteiger partial charge < -0.3 is 10.0 Å². The fourth-order valence-corrected chi connectivity index (χ4v) is 2.16. The summed E-state index contributed by atoms with van der Waals surface area (Å²) in [5.41, 5.74) is 1.59. The van der Waals surface area contributed by atoms with Crippen molar-refractivity contribution < 1.29 is 9.90 Å². The van der Waals surface area contributed by atoms with Crippen LogP contribution in [0.15, 0.2) is 18.2 Å². The molecule has 99 valence electrons. The summed E-state index contributed by atoms with van der Waals surface area (Å²) < 4.78 is 0. The first kappa shape index (κ1) is 13.6. The van der Waals surface area contributed by atoms with Crippen molar-refractivity contribution in [1.29, 1.82) is 0 Å². The Hall–Kier alpha value is -1.79. The van der Waals surface area contributed by atoms with E-state index in [0.717, 1.165) is 11.1 Å². The fourth-order valence-electron chi connectivity index (χ4n) is 2.16. The third-order valence-electron chi connectivity index (χ3n) is 3.54. The Morgan fingerprint density at radius 3 is 2.84 bits per heavy atom. The predicted octanol–water partition coefficient (Wildman–Crippen LogP) is 1.32. The van der Waals surface area contributed by atoms with E-state index in [1.165, 1.54) is 10.5 Å². The van der Waals surface area contributed by atoms with E-state index in [1.807, 2.05) is 25.1 Å². The number of rotatable bonds is 1. The summed E-state index contributed by atoms with van der Waals surface area (Å²) in [5.74, 6) is 5.31. The van der Waals surface area contributed by atoms with E-state index in [-0.39, 0.29) is 5.91 Å². The SMILES string of the molecule is [CH2]Cc1cc(C#C[C@]2(O)CCN(C)C2=O)ccc1C. The molecule has 1 heterocycles. The minimum Gasteiger partial charge on any atom is -0.369 e. The average molecular weight is 256 g/mol. The maximum Gasteiger partial charge on any atom is 0.267 e. The van der Waals surface area contributed by atoms with E-state index in [2.05, 4.69) is 18.8 Å². The van der Waals surface area contributed by atoms with Crippen LogP contribution in [-0.2, 0) is 11.2 Å². The molecule has 3 nitrogen and oxygen atoms in total. The molecule has 0 aliphatic carbocycles. The Kier molecular flexibility index (Phi) is 3.64. The standard InChI is InChI=1S/C16H18NO2/c1-4-14-11-13(6-5-12(14)2)7-8-16(19)9-10-17(3)15(16)18/h5-6,11,19H,1,4,9-10H2,2-3H3/t16-/m0/s1. The van der Waals surface area contributed by atoms with Crippen LogP contribution in [0.25, 0.3) is 0 Å². The Morgan fingerprint density at radius 1 is 1.53 bits per heavy atom. The molecule has 1 aromatic rings. The van der Waals surface area contributed by atoms with Gasteiger partial charge >= 0.3 is 0 Å². The van der Waals surface area contributed by atoms with Crippen molar-refractivity contribution in [3.63, 3.8) is 0 Å². The monoisotopic (exact) mass is 256 g/mol. The van der Waals surface area contributed by atoms with Gasteiger partial charge in [0.05, 0.1) is 0 Å². The Balaban J connectivity index is 2.27. The van der Waals surface area contributed by atoms with Crippen molar-refractivity contribution in [1.82, 2.24) is 4.90 Å². The molecule has 0 unspecified atom stereocenters. The molecule has 1 atom stereocenters. The Morgan fingerprint density at radius 2 is 2.26 bits per heavy atom. The smallest absolute Gasteiger partial charge is 0.267 e. The number of aliphatic hydroxyl groups is 1. The molecule has 0 aromatic heterocycles. The number of aryl methyl sites for hydroxylation is 1. The average Bonchev–Trinajstić information content (AvgIpc) is 2.66. The molecule has 1 aromatic carbocycles. The first-order valence-electron chi connectivity index (χ1n) is 6.36. The van der Waals surface area contributed by atoms with E-state index in [9.17, 15) is 9.90 Å². The van der Waals surface area contributed by atoms with Gasteiger partial charge in [-0.15, -0.1) is 0 Å². The van der Waals surface area contributed by atoms with Crippen LogP contribution in [0.5, 0.6) is 0 Å². The maximum atomic E-state index is 11.8. The highest BCUT2D eigenvalue weighted by atomic mass is 16.3. The summed E-state index contributed by atoms with van der Waals surface area (Å²) in [5, 5.41) is 10.2. The molecule has 2 rings (SSSR count). The van der Waals surface area contributed by atoms with Crippen molar-refractivity contribution >= 4 is 5.91 Å². The molecule has 1 N–H and O–H groups in total. The second kappa shape index (κ2) is 5.07. The van der Waals surface area contributed by atoms with Gasteiger partial charge in [-0.2, -0.15) is 0 Å². The lowest BCUT2D eigenvalue weighted by atomic mass is 10.0. The molecular formula is C16H18NO2. The molecule has 1 amide bonds. The molecular weight excluding hydrogens is 238 g/mol. The summed E-state index contributed by atoms with van der Waals surface area (Å²) in [6.45, 7) is 6.44. The van der Waals surface area contributed by atoms with E-state index >= 15 is 0 Å². The van der Waals surface area contributed by atoms with Crippen molar-refractivity contribution in [2.45, 2.75) is 25.4 Å². The van der Waals surface area contributed by atoms with Gasteiger partial charge in [-0.25, -0.2) is 0 Å². The van der Waals surface area contributed by atoms with Gasteiger partial charge in [-0.3, -0.25) is 4.79 Å². The number of likely N-dealkylation sites (tertiary alicyclic amines) is 1. The number of hydrogen-bond donors (Lipinski definition) is 1. The van der Waals surface area contributed by atoms with Crippen LogP contribution >= 0.6 is 0 Å². The van der Waals surface area contributed by atoms with Gasteiger partial charge in [0.1, 0.15) is 0 Å². The zero-order valence-electron chi connectivity index (χ0n) is 11.4. The number of amides is 1. The van der Waals surface area contributed by atoms with Crippen LogP contribution < -0.4 is 0 Å². The third kappa shape index (κ3) is 2.64. The number of carbonyl (C=O) groups excluding carboxylic acids is 1. The fraction of sp³-hybridized carbons (Fsp3) is 0.375. The maximum absolute atomic E-state index is 11.8. The minimum atomic E-state index is -1.52. The largest absolute Gasteiger partial charge is 0.369 e. The second-order valence-corrected chi connectivity index (χ2v) is 4.98. The molecule has 1 saturated heterocycles. The lowest BCUT2D eigenvalue weighted by Crippen LogP contribution is -2.37. The summed E-state index contributed by atoms with van der Waals surface area (Å²) in [7, 11) is 1.68. The van der Waals surface area contributed by atoms with Crippen LogP contribution in [0.4, 0.5) is 0 Å². The first-order chi connectivity index (χ1) is 8.96. The lowest BCUT2D eigenvalue weighted by Gasteiger charge is -2.13. The molecule has 0 spiro atoms. The van der Waals surface area contributed by atoms with E-state index in [0.29, 0.717) is 19.4 Å². The number of benzene rings is 1. The van der Waals surface area contributed by atoms with E-state index in [1.54, 1.807) is 7.05 Å². The number of likely N-dealkylation sites (N-methyl/N-ethyl adjacent to an activating group) is 1. The van der Waals surface area contributed by atoms with Gasteiger partial charge in [0, 0.05) is 25.6 Å². The molecule has 1 radical (unpaired) electrons. The van der Waals surface area contributed by atoms with Gasteiger partial charge in [0.2, 0.25) is 5.60 Å². The molecule has 0 saturated carbocycles. The van der Waals surface area contributed by atoms with E-state index < -0.39 is 5.60 Å². The second-order valence-electron chi connectivity index (χ2n) is 4.98. The molecule has 1 aliphatic heterocycles. The van der Waals surface area contributed by atoms with Crippen molar-refractivity contribution in [3.05, 3.63) is 41.8 Å². The zero-order valence-corrected chi connectivity index (χ0v) is 11.4. The van der Waals surface area contributed by atoms with Crippen LogP contribution in [0.3, 0.4) is 0 Å².